The van der Waals surface area contributed by atoms with Gasteiger partial charge in [0.1, 0.15) is 0 Å². The average molecular weight is 465 g/mol. The molecule has 3 heterocycles. The number of hydrogen-bond acceptors (Lipinski definition) is 4. The molecule has 0 aliphatic carbocycles. The number of carbonyl (C=O) groups is 2. The molecule has 4 aromatic rings. The van der Waals surface area contributed by atoms with Crippen LogP contribution in [0.3, 0.4) is 0 Å². The van der Waals surface area contributed by atoms with E-state index < -0.39 is 5.92 Å². The van der Waals surface area contributed by atoms with Crippen LogP contribution in [0.15, 0.2) is 85.2 Å². The van der Waals surface area contributed by atoms with Gasteiger partial charge in [0.2, 0.25) is 11.7 Å². The van der Waals surface area contributed by atoms with Crippen LogP contribution >= 0.6 is 0 Å². The van der Waals surface area contributed by atoms with Crippen LogP contribution < -0.4 is 0 Å². The van der Waals surface area contributed by atoms with Crippen molar-refractivity contribution in [1.82, 2.24) is 19.6 Å². The zero-order valence-electron chi connectivity index (χ0n) is 19.9. The predicted octanol–water partition coefficient (Wildman–Crippen LogP) is 5.36. The third-order valence-electron chi connectivity index (χ3n) is 7.38. The van der Waals surface area contributed by atoms with Gasteiger partial charge in [0.15, 0.2) is 5.82 Å². The zero-order valence-corrected chi connectivity index (χ0v) is 19.9. The first-order valence-electron chi connectivity index (χ1n) is 12.2. The molecule has 0 radical (unpaired) electrons. The third-order valence-corrected chi connectivity index (χ3v) is 7.38. The van der Waals surface area contributed by atoms with E-state index in [4.69, 9.17) is 0 Å². The van der Waals surface area contributed by atoms with Crippen molar-refractivity contribution >= 4 is 22.5 Å². The average Bonchev–Trinajstić information content (AvgIpc) is 3.59. The molecule has 2 fully saturated rings. The lowest BCUT2D eigenvalue weighted by Gasteiger charge is -2.28. The van der Waals surface area contributed by atoms with E-state index in [2.05, 4.69) is 48.1 Å². The first-order chi connectivity index (χ1) is 17.1. The van der Waals surface area contributed by atoms with Gasteiger partial charge in [0.05, 0.1) is 18.0 Å². The lowest BCUT2D eigenvalue weighted by atomic mass is 9.80. The van der Waals surface area contributed by atoms with Gasteiger partial charge in [-0.2, -0.15) is 0 Å². The van der Waals surface area contributed by atoms with Crippen LogP contribution in [-0.2, 0) is 4.79 Å². The van der Waals surface area contributed by atoms with Crippen molar-refractivity contribution < 1.29 is 9.59 Å². The molecule has 35 heavy (non-hydrogen) atoms. The van der Waals surface area contributed by atoms with Crippen LogP contribution in [0.25, 0.3) is 10.8 Å². The van der Waals surface area contributed by atoms with Crippen LogP contribution in [0.2, 0.25) is 0 Å². The number of ketones is 1. The number of Topliss-reactive ketones (excluding diaryl/α,β-unsaturated/α-hetero) is 1. The number of carbonyl (C=O) groups excluding carboxylic acids is 2. The van der Waals surface area contributed by atoms with Crippen molar-refractivity contribution in [1.29, 1.82) is 0 Å². The van der Waals surface area contributed by atoms with Gasteiger partial charge in [-0.15, -0.1) is 0 Å². The molecule has 3 atom stereocenters. The number of rotatable bonds is 5. The summed E-state index contributed by atoms with van der Waals surface area (Å²) in [5.74, 6) is -0.0115. The van der Waals surface area contributed by atoms with Crippen molar-refractivity contribution in [3.63, 3.8) is 0 Å². The molecule has 0 saturated carbocycles. The maximum atomic E-state index is 14.4. The molecule has 0 N–H and O–H groups in total. The van der Waals surface area contributed by atoms with Gasteiger partial charge in [0.25, 0.3) is 0 Å². The molecule has 0 unspecified atom stereocenters. The summed E-state index contributed by atoms with van der Waals surface area (Å²) in [6, 6.07) is 23.9. The third kappa shape index (κ3) is 3.40. The quantitative estimate of drug-likeness (QED) is 0.373. The lowest BCUT2D eigenvalue weighted by molar-refractivity contribution is -0.138. The molecule has 1 aromatic heterocycles. The van der Waals surface area contributed by atoms with Crippen LogP contribution in [-0.4, -0.2) is 37.8 Å². The number of benzene rings is 3. The summed E-state index contributed by atoms with van der Waals surface area (Å²) in [6.45, 7) is 4.70. The number of aromatic nitrogens is 2. The second-order valence-corrected chi connectivity index (χ2v) is 9.66. The summed E-state index contributed by atoms with van der Waals surface area (Å²) in [4.78, 5) is 32.2. The highest BCUT2D eigenvalue weighted by Gasteiger charge is 2.56. The summed E-state index contributed by atoms with van der Waals surface area (Å²) in [5.41, 5.74) is 2.04. The Morgan fingerprint density at radius 1 is 0.943 bits per heavy atom. The molecule has 2 aliphatic rings. The minimum absolute atomic E-state index is 0.0299. The van der Waals surface area contributed by atoms with Crippen molar-refractivity contribution in [2.45, 2.75) is 38.4 Å². The summed E-state index contributed by atoms with van der Waals surface area (Å²) in [5, 5.41) is 6.22. The highest BCUT2D eigenvalue weighted by molar-refractivity contribution is 5.98. The summed E-state index contributed by atoms with van der Waals surface area (Å²) in [6.07, 6.45) is 4.01. The fourth-order valence-corrected chi connectivity index (χ4v) is 5.89. The second kappa shape index (κ2) is 8.47. The number of imidazole rings is 1. The summed E-state index contributed by atoms with van der Waals surface area (Å²) < 4.78 is 1.94. The first kappa shape index (κ1) is 21.7. The molecule has 6 nitrogen and oxygen atoms in total. The maximum absolute atomic E-state index is 14.4. The fourth-order valence-electron chi connectivity index (χ4n) is 5.89. The molecule has 6 heteroatoms. The standard InChI is InChI=1S/C29H28N4O2/c1-19(2)31-18-16-30-29(31)28(35)25-26(21-10-4-3-5-11-21)33-24(34)15-17-32(33)27(25)23-14-8-12-20-9-6-7-13-22(20)23/h3-14,16,18-19,25-27H,15,17H2,1-2H3/t25-,26-,27-/m0/s1. The Morgan fingerprint density at radius 2 is 1.69 bits per heavy atom. The highest BCUT2D eigenvalue weighted by Crippen LogP contribution is 2.53. The van der Waals surface area contributed by atoms with Gasteiger partial charge >= 0.3 is 0 Å². The Hall–Kier alpha value is -3.77. The van der Waals surface area contributed by atoms with Gasteiger partial charge < -0.3 is 4.57 Å². The smallest absolute Gasteiger partial charge is 0.238 e. The fraction of sp³-hybridized carbons (Fsp3) is 0.276. The molecule has 3 aromatic carbocycles. The van der Waals surface area contributed by atoms with E-state index in [-0.39, 0.29) is 29.8 Å². The normalized spacial score (nSPS) is 22.3. The number of nitrogens with zero attached hydrogens (tertiary/aromatic N) is 4. The van der Waals surface area contributed by atoms with E-state index >= 15 is 0 Å². The summed E-state index contributed by atoms with van der Waals surface area (Å²) in [7, 11) is 0. The first-order valence-corrected chi connectivity index (χ1v) is 12.2. The molecule has 6 rings (SSSR count). The van der Waals surface area contributed by atoms with E-state index in [1.54, 1.807) is 6.20 Å². The van der Waals surface area contributed by atoms with Gasteiger partial charge in [0, 0.05) is 31.4 Å². The summed E-state index contributed by atoms with van der Waals surface area (Å²) >= 11 is 0. The predicted molar refractivity (Wildman–Crippen MR) is 134 cm³/mol. The molecular formula is C29H28N4O2. The number of amides is 1. The minimum Gasteiger partial charge on any atom is -0.326 e. The van der Waals surface area contributed by atoms with Crippen LogP contribution in [0.1, 0.15) is 60.1 Å². The highest BCUT2D eigenvalue weighted by atomic mass is 16.2. The molecule has 0 bridgehead atoms. The largest absolute Gasteiger partial charge is 0.326 e. The maximum Gasteiger partial charge on any atom is 0.238 e. The van der Waals surface area contributed by atoms with E-state index in [0.717, 1.165) is 21.9 Å². The van der Waals surface area contributed by atoms with Gasteiger partial charge in [-0.25, -0.2) is 9.99 Å². The topological polar surface area (TPSA) is 58.4 Å². The molecule has 2 saturated heterocycles. The molecule has 0 spiro atoms. The monoisotopic (exact) mass is 464 g/mol. The molecule has 2 aliphatic heterocycles. The molecule has 176 valence electrons. The van der Waals surface area contributed by atoms with Gasteiger partial charge in [-0.3, -0.25) is 14.6 Å². The van der Waals surface area contributed by atoms with E-state index in [9.17, 15) is 9.59 Å². The number of hydrogen-bond donors (Lipinski definition) is 0. The van der Waals surface area contributed by atoms with E-state index in [1.807, 2.05) is 64.3 Å². The number of hydrazine groups is 1. The van der Waals surface area contributed by atoms with Crippen LogP contribution in [0.4, 0.5) is 0 Å². The number of fused-ring (bicyclic) bond motifs is 2. The second-order valence-electron chi connectivity index (χ2n) is 9.66. The van der Waals surface area contributed by atoms with Gasteiger partial charge in [-0.1, -0.05) is 72.8 Å². The van der Waals surface area contributed by atoms with E-state index in [0.29, 0.717) is 18.8 Å². The Kier molecular flexibility index (Phi) is 5.26. The van der Waals surface area contributed by atoms with E-state index in [1.165, 1.54) is 0 Å². The van der Waals surface area contributed by atoms with Gasteiger partial charge in [-0.05, 0) is 35.7 Å². The zero-order chi connectivity index (χ0) is 24.1. The molecule has 1 amide bonds. The van der Waals surface area contributed by atoms with Crippen molar-refractivity contribution in [3.05, 3.63) is 102 Å². The molecular weight excluding hydrogens is 436 g/mol. The van der Waals surface area contributed by atoms with Crippen molar-refractivity contribution in [2.75, 3.05) is 6.54 Å². The SMILES string of the molecule is CC(C)n1ccnc1C(=O)[C@@H]1[C@H](c2cccc3ccccc23)N2CCC(=O)N2[C@H]1c1ccccc1. The van der Waals surface area contributed by atoms with Crippen LogP contribution in [0, 0.1) is 5.92 Å². The van der Waals surface area contributed by atoms with Crippen molar-refractivity contribution in [2.24, 2.45) is 5.92 Å². The Bertz CT molecular complexity index is 1410. The lowest BCUT2D eigenvalue weighted by Crippen LogP contribution is -2.35. The van der Waals surface area contributed by atoms with Crippen LogP contribution in [0.5, 0.6) is 0 Å². The Balaban J connectivity index is 1.59. The minimum atomic E-state index is -0.493. The Labute approximate surface area is 204 Å². The Morgan fingerprint density at radius 3 is 2.49 bits per heavy atom. The van der Waals surface area contributed by atoms with Crippen molar-refractivity contribution in [3.8, 4) is 0 Å².